The molecule has 0 saturated carbocycles. The van der Waals surface area contributed by atoms with Crippen LogP contribution in [0.15, 0.2) is 35.1 Å². The molecule has 2 rings (SSSR count). The van der Waals surface area contributed by atoms with Crippen molar-refractivity contribution in [2.24, 2.45) is 7.05 Å². The standard InChI is InChI=1S/C14H19BrN4/c1-3-8-16-13(9-14-17-10-18-19(14)2)11-4-6-12(15)7-5-11/h4-7,10,13,16H,3,8-9H2,1-2H3. The van der Waals surface area contributed by atoms with E-state index < -0.39 is 0 Å². The maximum absolute atomic E-state index is 4.31. The first kappa shape index (κ1) is 14.2. The molecule has 0 aliphatic rings. The Kier molecular flexibility index (Phi) is 5.10. The van der Waals surface area contributed by atoms with Gasteiger partial charge in [0.1, 0.15) is 12.2 Å². The van der Waals surface area contributed by atoms with E-state index in [0.717, 1.165) is 29.7 Å². The van der Waals surface area contributed by atoms with Gasteiger partial charge in [0.05, 0.1) is 0 Å². The minimum Gasteiger partial charge on any atom is -0.310 e. The normalized spacial score (nSPS) is 12.6. The Labute approximate surface area is 122 Å². The third-order valence-electron chi connectivity index (χ3n) is 3.10. The van der Waals surface area contributed by atoms with Crippen LogP contribution in [0.3, 0.4) is 0 Å². The van der Waals surface area contributed by atoms with Gasteiger partial charge in [-0.1, -0.05) is 35.0 Å². The smallest absolute Gasteiger partial charge is 0.138 e. The number of aromatic nitrogens is 3. The summed E-state index contributed by atoms with van der Waals surface area (Å²) in [5.41, 5.74) is 1.28. The quantitative estimate of drug-likeness (QED) is 0.889. The molecule has 5 heteroatoms. The Morgan fingerprint density at radius 3 is 2.63 bits per heavy atom. The molecule has 1 atom stereocenters. The highest BCUT2D eigenvalue weighted by molar-refractivity contribution is 9.10. The van der Waals surface area contributed by atoms with Gasteiger partial charge in [-0.15, -0.1) is 0 Å². The van der Waals surface area contributed by atoms with Gasteiger partial charge in [0, 0.05) is 24.0 Å². The molecule has 2 aromatic rings. The maximum Gasteiger partial charge on any atom is 0.138 e. The first-order valence-electron chi connectivity index (χ1n) is 6.52. The molecule has 1 aromatic carbocycles. The second kappa shape index (κ2) is 6.82. The predicted octanol–water partition coefficient (Wildman–Crippen LogP) is 2.86. The predicted molar refractivity (Wildman–Crippen MR) is 79.9 cm³/mol. The summed E-state index contributed by atoms with van der Waals surface area (Å²) >= 11 is 3.47. The van der Waals surface area contributed by atoms with Gasteiger partial charge in [-0.3, -0.25) is 4.68 Å². The lowest BCUT2D eigenvalue weighted by atomic mass is 10.0. The third-order valence-corrected chi connectivity index (χ3v) is 3.63. The molecular formula is C14H19BrN4. The van der Waals surface area contributed by atoms with E-state index in [2.05, 4.69) is 62.5 Å². The van der Waals surface area contributed by atoms with Crippen LogP contribution in [-0.2, 0) is 13.5 Å². The van der Waals surface area contributed by atoms with Crippen molar-refractivity contribution in [1.82, 2.24) is 20.1 Å². The molecular weight excluding hydrogens is 304 g/mol. The van der Waals surface area contributed by atoms with Crippen molar-refractivity contribution in [3.8, 4) is 0 Å². The fourth-order valence-electron chi connectivity index (χ4n) is 2.01. The zero-order chi connectivity index (χ0) is 13.7. The molecule has 1 heterocycles. The molecule has 0 aliphatic heterocycles. The van der Waals surface area contributed by atoms with Crippen LogP contribution < -0.4 is 5.32 Å². The van der Waals surface area contributed by atoms with E-state index in [9.17, 15) is 0 Å². The van der Waals surface area contributed by atoms with Crippen LogP contribution in [0, 0.1) is 0 Å². The molecule has 0 bridgehead atoms. The Morgan fingerprint density at radius 2 is 2.05 bits per heavy atom. The highest BCUT2D eigenvalue weighted by Crippen LogP contribution is 2.20. The minimum absolute atomic E-state index is 0.274. The van der Waals surface area contributed by atoms with E-state index in [1.54, 1.807) is 6.33 Å². The largest absolute Gasteiger partial charge is 0.310 e. The monoisotopic (exact) mass is 322 g/mol. The van der Waals surface area contributed by atoms with Crippen LogP contribution >= 0.6 is 15.9 Å². The summed E-state index contributed by atoms with van der Waals surface area (Å²) in [4.78, 5) is 4.31. The van der Waals surface area contributed by atoms with E-state index in [1.807, 2.05) is 11.7 Å². The van der Waals surface area contributed by atoms with Gasteiger partial charge >= 0.3 is 0 Å². The second-order valence-corrected chi connectivity index (χ2v) is 5.48. The van der Waals surface area contributed by atoms with Crippen molar-refractivity contribution < 1.29 is 0 Å². The fourth-order valence-corrected chi connectivity index (χ4v) is 2.27. The van der Waals surface area contributed by atoms with Gasteiger partial charge in [0.25, 0.3) is 0 Å². The number of halogens is 1. The molecule has 0 aliphatic carbocycles. The van der Waals surface area contributed by atoms with Crippen molar-refractivity contribution in [2.75, 3.05) is 6.54 Å². The van der Waals surface area contributed by atoms with E-state index in [1.165, 1.54) is 5.56 Å². The summed E-state index contributed by atoms with van der Waals surface area (Å²) in [6.45, 7) is 3.17. The van der Waals surface area contributed by atoms with Crippen LogP contribution in [0.2, 0.25) is 0 Å². The molecule has 0 saturated heterocycles. The highest BCUT2D eigenvalue weighted by Gasteiger charge is 2.14. The fraction of sp³-hybridized carbons (Fsp3) is 0.429. The number of benzene rings is 1. The first-order chi connectivity index (χ1) is 9.20. The van der Waals surface area contributed by atoms with Gasteiger partial charge in [-0.2, -0.15) is 5.10 Å². The number of rotatable bonds is 6. The van der Waals surface area contributed by atoms with E-state index in [-0.39, 0.29) is 6.04 Å². The van der Waals surface area contributed by atoms with E-state index in [4.69, 9.17) is 0 Å². The van der Waals surface area contributed by atoms with Crippen molar-refractivity contribution >= 4 is 15.9 Å². The number of hydrogen-bond donors (Lipinski definition) is 1. The molecule has 19 heavy (non-hydrogen) atoms. The Morgan fingerprint density at radius 1 is 1.32 bits per heavy atom. The molecule has 1 N–H and O–H groups in total. The van der Waals surface area contributed by atoms with Crippen molar-refractivity contribution in [3.05, 3.63) is 46.5 Å². The summed E-state index contributed by atoms with van der Waals surface area (Å²) in [7, 11) is 1.93. The Hall–Kier alpha value is -1.20. The molecule has 0 radical (unpaired) electrons. The summed E-state index contributed by atoms with van der Waals surface area (Å²) in [5.74, 6) is 0.997. The maximum atomic E-state index is 4.31. The topological polar surface area (TPSA) is 42.7 Å². The Bertz CT molecular complexity index is 506. The third kappa shape index (κ3) is 3.88. The SMILES string of the molecule is CCCNC(Cc1ncnn1C)c1ccc(Br)cc1. The average Bonchev–Trinajstić information content (AvgIpc) is 2.81. The van der Waals surface area contributed by atoms with Gasteiger partial charge < -0.3 is 5.32 Å². The van der Waals surface area contributed by atoms with Gasteiger partial charge in [0.2, 0.25) is 0 Å². The summed E-state index contributed by atoms with van der Waals surface area (Å²) in [6.07, 6.45) is 3.57. The first-order valence-corrected chi connectivity index (χ1v) is 7.31. The van der Waals surface area contributed by atoms with Crippen molar-refractivity contribution in [3.63, 3.8) is 0 Å². The van der Waals surface area contributed by atoms with Gasteiger partial charge in [-0.25, -0.2) is 4.98 Å². The molecule has 4 nitrogen and oxygen atoms in total. The van der Waals surface area contributed by atoms with Crippen molar-refractivity contribution in [2.45, 2.75) is 25.8 Å². The lowest BCUT2D eigenvalue weighted by Gasteiger charge is -2.18. The second-order valence-electron chi connectivity index (χ2n) is 4.56. The molecule has 1 unspecified atom stereocenters. The number of nitrogens with zero attached hydrogens (tertiary/aromatic N) is 3. The summed E-state index contributed by atoms with van der Waals surface area (Å²) in [6, 6.07) is 8.72. The average molecular weight is 323 g/mol. The number of nitrogens with one attached hydrogen (secondary N) is 1. The lowest BCUT2D eigenvalue weighted by molar-refractivity contribution is 0.506. The van der Waals surface area contributed by atoms with Crippen LogP contribution in [0.25, 0.3) is 0 Å². The number of aryl methyl sites for hydroxylation is 1. The number of hydrogen-bond acceptors (Lipinski definition) is 3. The molecule has 1 aromatic heterocycles. The van der Waals surface area contributed by atoms with Crippen LogP contribution in [0.4, 0.5) is 0 Å². The van der Waals surface area contributed by atoms with Crippen LogP contribution in [-0.4, -0.2) is 21.3 Å². The summed E-state index contributed by atoms with van der Waals surface area (Å²) in [5, 5.41) is 7.70. The zero-order valence-corrected chi connectivity index (χ0v) is 12.9. The molecule has 0 amide bonds. The summed E-state index contributed by atoms with van der Waals surface area (Å²) < 4.78 is 2.93. The zero-order valence-electron chi connectivity index (χ0n) is 11.3. The van der Waals surface area contributed by atoms with Crippen molar-refractivity contribution in [1.29, 1.82) is 0 Å². The van der Waals surface area contributed by atoms with Gasteiger partial charge in [-0.05, 0) is 30.7 Å². The lowest BCUT2D eigenvalue weighted by Crippen LogP contribution is -2.25. The highest BCUT2D eigenvalue weighted by atomic mass is 79.9. The minimum atomic E-state index is 0.274. The van der Waals surface area contributed by atoms with E-state index >= 15 is 0 Å². The molecule has 102 valence electrons. The van der Waals surface area contributed by atoms with Crippen LogP contribution in [0.1, 0.15) is 30.8 Å². The Balaban J connectivity index is 2.15. The molecule has 0 fully saturated rings. The van der Waals surface area contributed by atoms with Gasteiger partial charge in [0.15, 0.2) is 0 Å². The van der Waals surface area contributed by atoms with Crippen LogP contribution in [0.5, 0.6) is 0 Å². The van der Waals surface area contributed by atoms with E-state index in [0.29, 0.717) is 0 Å². The molecule has 0 spiro atoms.